The molecule has 3 unspecified atom stereocenters. The number of hydrogen-bond donors (Lipinski definition) is 4. The fourth-order valence-electron chi connectivity index (χ4n) is 5.57. The number of carbonyl (C=O) groups excluding carboxylic acids is 2. The van der Waals surface area contributed by atoms with Gasteiger partial charge < -0.3 is 25.2 Å². The minimum absolute atomic E-state index is 0.135. The molecule has 314 valence electrons. The summed E-state index contributed by atoms with van der Waals surface area (Å²) in [5, 5.41) is 21.8. The second-order valence-corrected chi connectivity index (χ2v) is 15.6. The maximum Gasteiger partial charge on any atom is 0.472 e. The van der Waals surface area contributed by atoms with E-state index >= 15 is 0 Å². The molecule has 0 radical (unpaired) electrons. The minimum atomic E-state index is -4.76. The highest BCUT2D eigenvalue weighted by Crippen LogP contribution is 2.43. The lowest BCUT2D eigenvalue weighted by Gasteiger charge is -2.18. The Kier molecular flexibility index (Phi) is 36.0. The van der Waals surface area contributed by atoms with E-state index in [0.29, 0.717) is 12.8 Å². The molecule has 4 N–H and O–H groups in total. The molecule has 0 rings (SSSR count). The molecule has 0 saturated carbocycles. The molecule has 0 bridgehead atoms. The van der Waals surface area contributed by atoms with Crippen molar-refractivity contribution in [3.63, 3.8) is 0 Å². The predicted octanol–water partition coefficient (Wildman–Crippen LogP) is 10.4. The quantitative estimate of drug-likeness (QED) is 0.0204. The SMILES string of the molecule is CCCCC/C=C\C/C=C\CCCCCCCC(=O)OCC(O)COP(=O)(O)OCC(NC(=O)CCCCCCC/C=C\CCCCCCCC)C(=O)O. The number of carboxylic acid groups (broad SMARTS) is 1. The predicted molar refractivity (Wildman–Crippen MR) is 217 cm³/mol. The molecule has 0 fully saturated rings. The highest BCUT2D eigenvalue weighted by atomic mass is 31.2. The number of amides is 1. The Bertz CT molecular complexity index is 1060. The van der Waals surface area contributed by atoms with Crippen LogP contribution < -0.4 is 5.32 Å². The van der Waals surface area contributed by atoms with Gasteiger partial charge in [-0.1, -0.05) is 134 Å². The summed E-state index contributed by atoms with van der Waals surface area (Å²) in [7, 11) is -4.76. The zero-order valence-corrected chi connectivity index (χ0v) is 34.7. The standard InChI is InChI=1S/C42H76NO10P/c1-3-5-7-9-11-13-15-17-19-21-23-25-27-29-31-33-40(45)43-39(42(47)48)37-53-54(49,50)52-36-38(44)35-51-41(46)34-32-30-28-26-24-22-20-18-16-14-12-10-8-6-4-2/h12,14,17-20,38-39,44H,3-11,13,15-16,21-37H2,1-2H3,(H,43,45)(H,47,48)(H,49,50)/b14-12-,19-17-,20-18-. The summed E-state index contributed by atoms with van der Waals surface area (Å²) in [4.78, 5) is 45.8. The molecule has 3 atom stereocenters. The average Bonchev–Trinajstić information content (AvgIpc) is 3.14. The Morgan fingerprint density at radius 2 is 1.02 bits per heavy atom. The second kappa shape index (κ2) is 37.6. The van der Waals surface area contributed by atoms with Crippen molar-refractivity contribution >= 4 is 25.7 Å². The summed E-state index contributed by atoms with van der Waals surface area (Å²) < 4.78 is 26.8. The summed E-state index contributed by atoms with van der Waals surface area (Å²) in [6, 6.07) is -1.55. The normalized spacial score (nSPS) is 14.1. The van der Waals surface area contributed by atoms with Crippen LogP contribution in [0.5, 0.6) is 0 Å². The van der Waals surface area contributed by atoms with Gasteiger partial charge in [-0.3, -0.25) is 18.6 Å². The van der Waals surface area contributed by atoms with E-state index in [9.17, 15) is 34.1 Å². The first-order valence-electron chi connectivity index (χ1n) is 21.0. The number of aliphatic carboxylic acids is 1. The lowest BCUT2D eigenvalue weighted by Crippen LogP contribution is -2.43. The summed E-state index contributed by atoms with van der Waals surface area (Å²) in [5.74, 6) is -2.40. The molecular weight excluding hydrogens is 709 g/mol. The Hall–Kier alpha value is -2.30. The fraction of sp³-hybridized carbons (Fsp3) is 0.786. The van der Waals surface area contributed by atoms with Crippen LogP contribution in [0, 0.1) is 0 Å². The largest absolute Gasteiger partial charge is 0.480 e. The average molecular weight is 786 g/mol. The van der Waals surface area contributed by atoms with E-state index in [4.69, 9.17) is 13.8 Å². The number of phosphoric acid groups is 1. The van der Waals surface area contributed by atoms with E-state index in [-0.39, 0.29) is 12.8 Å². The molecule has 0 saturated heterocycles. The second-order valence-electron chi connectivity index (χ2n) is 14.2. The molecule has 12 heteroatoms. The Balaban J connectivity index is 3.96. The third-order valence-corrected chi connectivity index (χ3v) is 9.85. The molecular formula is C42H76NO10P. The van der Waals surface area contributed by atoms with E-state index in [1.165, 1.54) is 57.8 Å². The van der Waals surface area contributed by atoms with Crippen LogP contribution in [-0.4, -0.2) is 64.9 Å². The lowest BCUT2D eigenvalue weighted by molar-refractivity contribution is -0.147. The van der Waals surface area contributed by atoms with E-state index in [1.807, 2.05) is 0 Å². The van der Waals surface area contributed by atoms with Gasteiger partial charge in [0.25, 0.3) is 0 Å². The molecule has 0 aliphatic rings. The number of aliphatic hydroxyl groups is 1. The maximum absolute atomic E-state index is 12.3. The number of carbonyl (C=O) groups is 3. The van der Waals surface area contributed by atoms with Crippen LogP contribution in [0.1, 0.15) is 181 Å². The number of aliphatic hydroxyl groups excluding tert-OH is 1. The Labute approximate surface area is 327 Å². The topological polar surface area (TPSA) is 169 Å². The first kappa shape index (κ1) is 51.7. The van der Waals surface area contributed by atoms with Crippen molar-refractivity contribution < 1.29 is 47.8 Å². The summed E-state index contributed by atoms with van der Waals surface area (Å²) in [5.41, 5.74) is 0. The van der Waals surface area contributed by atoms with Crippen molar-refractivity contribution in [1.29, 1.82) is 0 Å². The van der Waals surface area contributed by atoms with Gasteiger partial charge in [-0.2, -0.15) is 0 Å². The van der Waals surface area contributed by atoms with Crippen molar-refractivity contribution in [3.8, 4) is 0 Å². The number of nitrogens with one attached hydrogen (secondary N) is 1. The van der Waals surface area contributed by atoms with Crippen molar-refractivity contribution in [2.75, 3.05) is 19.8 Å². The lowest BCUT2D eigenvalue weighted by atomic mass is 10.1. The van der Waals surface area contributed by atoms with Gasteiger partial charge in [-0.05, 0) is 70.6 Å². The van der Waals surface area contributed by atoms with Gasteiger partial charge in [0.05, 0.1) is 13.2 Å². The number of phosphoric ester groups is 1. The van der Waals surface area contributed by atoms with Crippen LogP contribution in [0.3, 0.4) is 0 Å². The van der Waals surface area contributed by atoms with E-state index < -0.39 is 57.6 Å². The maximum atomic E-state index is 12.3. The molecule has 11 nitrogen and oxygen atoms in total. The first-order valence-corrected chi connectivity index (χ1v) is 22.5. The number of hydrogen-bond acceptors (Lipinski definition) is 8. The van der Waals surface area contributed by atoms with Crippen LogP contribution in [0.4, 0.5) is 0 Å². The van der Waals surface area contributed by atoms with Crippen LogP contribution >= 0.6 is 7.82 Å². The van der Waals surface area contributed by atoms with Crippen molar-refractivity contribution in [2.24, 2.45) is 0 Å². The van der Waals surface area contributed by atoms with Gasteiger partial charge in [-0.25, -0.2) is 9.36 Å². The highest BCUT2D eigenvalue weighted by molar-refractivity contribution is 7.47. The van der Waals surface area contributed by atoms with E-state index in [1.54, 1.807) is 0 Å². The van der Waals surface area contributed by atoms with Crippen molar-refractivity contribution in [1.82, 2.24) is 5.32 Å². The van der Waals surface area contributed by atoms with E-state index in [0.717, 1.165) is 83.5 Å². The van der Waals surface area contributed by atoms with Gasteiger partial charge in [-0.15, -0.1) is 0 Å². The molecule has 0 aliphatic carbocycles. The van der Waals surface area contributed by atoms with E-state index in [2.05, 4.69) is 55.6 Å². The van der Waals surface area contributed by atoms with Crippen LogP contribution in [0.25, 0.3) is 0 Å². The highest BCUT2D eigenvalue weighted by Gasteiger charge is 2.28. The molecule has 0 aliphatic heterocycles. The zero-order valence-electron chi connectivity index (χ0n) is 33.8. The molecule has 0 aromatic heterocycles. The number of esters is 1. The third kappa shape index (κ3) is 36.7. The molecule has 0 aromatic carbocycles. The van der Waals surface area contributed by atoms with Gasteiger partial charge in [0.2, 0.25) is 5.91 Å². The third-order valence-electron chi connectivity index (χ3n) is 8.90. The number of carboxylic acids is 1. The summed E-state index contributed by atoms with van der Waals surface area (Å²) >= 11 is 0. The van der Waals surface area contributed by atoms with Crippen LogP contribution in [0.15, 0.2) is 36.5 Å². The van der Waals surface area contributed by atoms with Gasteiger partial charge >= 0.3 is 19.8 Å². The molecule has 1 amide bonds. The van der Waals surface area contributed by atoms with Crippen LogP contribution in [-0.2, 0) is 32.7 Å². The summed E-state index contributed by atoms with van der Waals surface area (Å²) in [6.45, 7) is 2.53. The number of rotatable bonds is 39. The number of unbranched alkanes of at least 4 members (excludes halogenated alkanes) is 19. The molecule has 0 aromatic rings. The van der Waals surface area contributed by atoms with Crippen molar-refractivity contribution in [3.05, 3.63) is 36.5 Å². The first-order chi connectivity index (χ1) is 26.1. The molecule has 0 spiro atoms. The van der Waals surface area contributed by atoms with Gasteiger partial charge in [0.1, 0.15) is 12.7 Å². The molecule has 0 heterocycles. The van der Waals surface area contributed by atoms with Gasteiger partial charge in [0.15, 0.2) is 6.04 Å². The summed E-state index contributed by atoms with van der Waals surface area (Å²) in [6.07, 6.45) is 38.8. The zero-order chi connectivity index (χ0) is 40.0. The number of allylic oxidation sites excluding steroid dienone is 6. The Morgan fingerprint density at radius 3 is 1.56 bits per heavy atom. The number of ether oxygens (including phenoxy) is 1. The minimum Gasteiger partial charge on any atom is -0.480 e. The van der Waals surface area contributed by atoms with Crippen molar-refractivity contribution in [2.45, 2.75) is 193 Å². The monoisotopic (exact) mass is 786 g/mol. The smallest absolute Gasteiger partial charge is 0.472 e. The molecule has 54 heavy (non-hydrogen) atoms. The van der Waals surface area contributed by atoms with Crippen LogP contribution in [0.2, 0.25) is 0 Å². The Morgan fingerprint density at radius 1 is 0.593 bits per heavy atom. The van der Waals surface area contributed by atoms with Gasteiger partial charge in [0, 0.05) is 12.8 Å². The fourth-order valence-corrected chi connectivity index (χ4v) is 6.35.